The highest BCUT2D eigenvalue weighted by Gasteiger charge is 2.22. The van der Waals surface area contributed by atoms with E-state index in [0.29, 0.717) is 38.3 Å². The molecule has 1 fully saturated rings. The highest BCUT2D eigenvalue weighted by molar-refractivity contribution is 9.10. The molecule has 1 heterocycles. The predicted molar refractivity (Wildman–Crippen MR) is 110 cm³/mol. The van der Waals surface area contributed by atoms with Crippen molar-refractivity contribution in [2.24, 2.45) is 0 Å². The Balaban J connectivity index is 2.22. The van der Waals surface area contributed by atoms with Crippen LogP contribution in [0.1, 0.15) is 19.4 Å². The van der Waals surface area contributed by atoms with Gasteiger partial charge in [0.2, 0.25) is 0 Å². The Morgan fingerprint density at radius 3 is 2.62 bits per heavy atom. The third kappa shape index (κ3) is 4.99. The molecule has 26 heavy (non-hydrogen) atoms. The number of thiocarbonyl (C=S) groups is 1. The van der Waals surface area contributed by atoms with Gasteiger partial charge >= 0.3 is 0 Å². The van der Waals surface area contributed by atoms with E-state index < -0.39 is 0 Å². The van der Waals surface area contributed by atoms with Crippen molar-refractivity contribution in [1.82, 2.24) is 10.2 Å². The number of thioether (sulfide) groups is 1. The van der Waals surface area contributed by atoms with Gasteiger partial charge in [-0.1, -0.05) is 24.0 Å². The molecular formula is C17H19BrN2O4S2. The van der Waals surface area contributed by atoms with Gasteiger partial charge in [-0.3, -0.25) is 9.59 Å². The normalized spacial score (nSPS) is 15.2. The molecule has 6 nitrogen and oxygen atoms in total. The minimum absolute atomic E-state index is 0.0798. The SMILES string of the molecule is CCN(CC)C(=O)COc1c(Br)cc(/C=C2/SC(=S)NC2=O)cc1OC. The van der Waals surface area contributed by atoms with E-state index in [2.05, 4.69) is 21.2 Å². The molecule has 0 saturated carbocycles. The number of nitrogens with one attached hydrogen (secondary N) is 1. The standard InChI is InChI=1S/C17H19BrN2O4S2/c1-4-20(5-2)14(21)9-24-15-11(18)6-10(7-12(15)23-3)8-13-16(22)19-17(25)26-13/h6-8H,4-5,9H2,1-3H3,(H,19,22,25)/b13-8+. The van der Waals surface area contributed by atoms with Gasteiger partial charge in [0.05, 0.1) is 16.5 Å². The Hall–Kier alpha value is -1.58. The molecule has 0 aliphatic carbocycles. The van der Waals surface area contributed by atoms with Crippen LogP contribution in [0.15, 0.2) is 21.5 Å². The van der Waals surface area contributed by atoms with Crippen LogP contribution in [-0.2, 0) is 9.59 Å². The quantitative estimate of drug-likeness (QED) is 0.499. The highest BCUT2D eigenvalue weighted by Crippen LogP contribution is 2.38. The first-order chi connectivity index (χ1) is 12.4. The molecule has 2 amide bonds. The monoisotopic (exact) mass is 458 g/mol. The van der Waals surface area contributed by atoms with Gasteiger partial charge < -0.3 is 19.7 Å². The summed E-state index contributed by atoms with van der Waals surface area (Å²) in [6.45, 7) is 5.02. The van der Waals surface area contributed by atoms with Crippen molar-refractivity contribution in [3.63, 3.8) is 0 Å². The number of rotatable bonds is 7. The fraction of sp³-hybridized carbons (Fsp3) is 0.353. The average Bonchev–Trinajstić information content (AvgIpc) is 2.91. The molecule has 0 aromatic heterocycles. The lowest BCUT2D eigenvalue weighted by Crippen LogP contribution is -2.34. The number of halogens is 1. The van der Waals surface area contributed by atoms with Crippen LogP contribution in [0.25, 0.3) is 6.08 Å². The lowest BCUT2D eigenvalue weighted by Gasteiger charge is -2.19. The van der Waals surface area contributed by atoms with Gasteiger partial charge in [0.1, 0.15) is 4.32 Å². The molecule has 0 atom stereocenters. The molecule has 9 heteroatoms. The van der Waals surface area contributed by atoms with Crippen LogP contribution < -0.4 is 14.8 Å². The van der Waals surface area contributed by atoms with E-state index in [1.54, 1.807) is 23.1 Å². The third-order valence-electron chi connectivity index (χ3n) is 3.65. The Bertz CT molecular complexity index is 763. The lowest BCUT2D eigenvalue weighted by atomic mass is 10.2. The van der Waals surface area contributed by atoms with Crippen LogP contribution in [-0.4, -0.2) is 47.8 Å². The van der Waals surface area contributed by atoms with E-state index >= 15 is 0 Å². The Morgan fingerprint density at radius 2 is 2.08 bits per heavy atom. The average molecular weight is 459 g/mol. The number of hydrogen-bond acceptors (Lipinski definition) is 6. The van der Waals surface area contributed by atoms with Crippen LogP contribution >= 0.6 is 39.9 Å². The smallest absolute Gasteiger partial charge is 0.263 e. The van der Waals surface area contributed by atoms with Crippen molar-refractivity contribution >= 4 is 62.1 Å². The predicted octanol–water partition coefficient (Wildman–Crippen LogP) is 3.19. The molecule has 1 aliphatic rings. The van der Waals surface area contributed by atoms with E-state index in [4.69, 9.17) is 21.7 Å². The zero-order valence-corrected chi connectivity index (χ0v) is 17.8. The van der Waals surface area contributed by atoms with Gasteiger partial charge in [-0.2, -0.15) is 0 Å². The zero-order chi connectivity index (χ0) is 19.3. The topological polar surface area (TPSA) is 67.9 Å². The molecular weight excluding hydrogens is 440 g/mol. The summed E-state index contributed by atoms with van der Waals surface area (Å²) in [4.78, 5) is 26.1. The minimum atomic E-state index is -0.222. The second-order valence-corrected chi connectivity index (χ2v) is 7.81. The van der Waals surface area contributed by atoms with Crippen LogP contribution in [0.2, 0.25) is 0 Å². The number of likely N-dealkylation sites (N-methyl/N-ethyl adjacent to an activating group) is 1. The van der Waals surface area contributed by atoms with E-state index in [-0.39, 0.29) is 18.4 Å². The van der Waals surface area contributed by atoms with Crippen molar-refractivity contribution in [1.29, 1.82) is 0 Å². The summed E-state index contributed by atoms with van der Waals surface area (Å²) in [7, 11) is 1.52. The molecule has 1 aromatic carbocycles. The first-order valence-electron chi connectivity index (χ1n) is 7.92. The van der Waals surface area contributed by atoms with Gasteiger partial charge in [0.25, 0.3) is 11.8 Å². The molecule has 1 aromatic rings. The molecule has 0 unspecified atom stereocenters. The van der Waals surface area contributed by atoms with Gasteiger partial charge in [-0.25, -0.2) is 0 Å². The van der Waals surface area contributed by atoms with E-state index in [9.17, 15) is 9.59 Å². The van der Waals surface area contributed by atoms with Gasteiger partial charge in [-0.15, -0.1) is 0 Å². The summed E-state index contributed by atoms with van der Waals surface area (Å²) in [6.07, 6.45) is 1.72. The van der Waals surface area contributed by atoms with E-state index in [1.807, 2.05) is 13.8 Å². The number of hydrogen-bond donors (Lipinski definition) is 1. The largest absolute Gasteiger partial charge is 0.493 e. The van der Waals surface area contributed by atoms with Gasteiger partial charge in [0.15, 0.2) is 18.1 Å². The highest BCUT2D eigenvalue weighted by atomic mass is 79.9. The third-order valence-corrected chi connectivity index (χ3v) is 5.40. The number of nitrogens with zero attached hydrogens (tertiary/aromatic N) is 1. The summed E-state index contributed by atoms with van der Waals surface area (Å²) in [5.41, 5.74) is 0.749. The zero-order valence-electron chi connectivity index (χ0n) is 14.6. The summed E-state index contributed by atoms with van der Waals surface area (Å²) >= 11 is 9.64. The Morgan fingerprint density at radius 1 is 1.38 bits per heavy atom. The van der Waals surface area contributed by atoms with Crippen molar-refractivity contribution in [2.75, 3.05) is 26.8 Å². The maximum Gasteiger partial charge on any atom is 0.263 e. The summed E-state index contributed by atoms with van der Waals surface area (Å²) in [6, 6.07) is 3.53. The van der Waals surface area contributed by atoms with Crippen molar-refractivity contribution in [3.05, 3.63) is 27.1 Å². The Labute approximate surface area is 170 Å². The van der Waals surface area contributed by atoms with Crippen molar-refractivity contribution in [2.45, 2.75) is 13.8 Å². The fourth-order valence-electron chi connectivity index (χ4n) is 2.34. The second kappa shape index (κ2) is 9.38. The minimum Gasteiger partial charge on any atom is -0.493 e. The molecule has 140 valence electrons. The van der Waals surface area contributed by atoms with E-state index in [0.717, 1.165) is 5.56 Å². The van der Waals surface area contributed by atoms with Crippen LogP contribution in [0.4, 0.5) is 0 Å². The first-order valence-corrected chi connectivity index (χ1v) is 9.94. The maximum absolute atomic E-state index is 12.1. The van der Waals surface area contributed by atoms with Crippen molar-refractivity contribution in [3.8, 4) is 11.5 Å². The number of ether oxygens (including phenoxy) is 2. The maximum atomic E-state index is 12.1. The van der Waals surface area contributed by atoms with Gasteiger partial charge in [-0.05, 0) is 53.5 Å². The summed E-state index contributed by atoms with van der Waals surface area (Å²) in [5.74, 6) is 0.585. The molecule has 2 rings (SSSR count). The summed E-state index contributed by atoms with van der Waals surface area (Å²) in [5, 5.41) is 2.57. The molecule has 1 saturated heterocycles. The van der Waals surface area contributed by atoms with Gasteiger partial charge in [0, 0.05) is 13.1 Å². The number of carbonyl (C=O) groups is 2. The molecule has 1 N–H and O–H groups in total. The lowest BCUT2D eigenvalue weighted by molar-refractivity contribution is -0.133. The van der Waals surface area contributed by atoms with Crippen LogP contribution in [0, 0.1) is 0 Å². The first kappa shape index (κ1) is 20.7. The van der Waals surface area contributed by atoms with Crippen LogP contribution in [0.5, 0.6) is 11.5 Å². The van der Waals surface area contributed by atoms with Crippen molar-refractivity contribution < 1.29 is 19.1 Å². The number of amides is 2. The molecule has 0 spiro atoms. The molecule has 0 bridgehead atoms. The molecule has 0 radical (unpaired) electrons. The van der Waals surface area contributed by atoms with E-state index in [1.165, 1.54) is 18.9 Å². The fourth-order valence-corrected chi connectivity index (χ4v) is 3.96. The van der Waals surface area contributed by atoms with Crippen LogP contribution in [0.3, 0.4) is 0 Å². The number of benzene rings is 1. The molecule has 1 aliphatic heterocycles. The number of carbonyl (C=O) groups excluding carboxylic acids is 2. The number of methoxy groups -OCH3 is 1. The summed E-state index contributed by atoms with van der Waals surface area (Å²) < 4.78 is 12.1. The Kier molecular flexibility index (Phi) is 7.48. The second-order valence-electron chi connectivity index (χ2n) is 5.24.